The predicted molar refractivity (Wildman–Crippen MR) is 151 cm³/mol. The molecule has 1 saturated heterocycles. The third-order valence-corrected chi connectivity index (χ3v) is 8.39. The van der Waals surface area contributed by atoms with Crippen LogP contribution in [0.2, 0.25) is 12.6 Å². The Labute approximate surface area is 212 Å². The van der Waals surface area contributed by atoms with Crippen LogP contribution in [0.4, 0.5) is 5.69 Å². The quantitative estimate of drug-likeness (QED) is 0.0850. The van der Waals surface area contributed by atoms with Crippen LogP contribution in [0.15, 0.2) is 65.6 Å². The first kappa shape index (κ1) is 26.6. The first-order chi connectivity index (χ1) is 16.5. The standard InChI is InChI=1S/C29H41BN3S/c1-4-6-7-8-9-19-34-29-15-13-25(14-16-29)26-11-10-12-27(21-26)33(32)18-17-30(23-31)22-28(33)20-24(3)5-2/h10-16,21,28H,3-9,17-20,22,32H2,1-2H3/q+1. The number of benzene rings is 2. The van der Waals surface area contributed by atoms with Gasteiger partial charge in [-0.2, -0.15) is 5.84 Å². The molecule has 0 bridgehead atoms. The van der Waals surface area contributed by atoms with Crippen LogP contribution in [0, 0.1) is 11.2 Å². The molecule has 34 heavy (non-hydrogen) atoms. The molecule has 2 unspecified atom stereocenters. The second-order valence-electron chi connectivity index (χ2n) is 9.80. The molecule has 1 aliphatic heterocycles. The van der Waals surface area contributed by atoms with Crippen molar-refractivity contribution in [1.29, 1.82) is 5.26 Å². The molecule has 1 aliphatic rings. The van der Waals surface area contributed by atoms with E-state index >= 15 is 0 Å². The molecule has 0 saturated carbocycles. The van der Waals surface area contributed by atoms with Crippen LogP contribution in [-0.2, 0) is 0 Å². The van der Waals surface area contributed by atoms with Gasteiger partial charge in [-0.3, -0.25) is 0 Å². The van der Waals surface area contributed by atoms with E-state index in [1.54, 1.807) is 0 Å². The molecule has 1 heterocycles. The maximum Gasteiger partial charge on any atom is 0.279 e. The molecule has 0 amide bonds. The van der Waals surface area contributed by atoms with Gasteiger partial charge >= 0.3 is 0 Å². The molecule has 2 aromatic rings. The number of hydrogen-bond acceptors (Lipinski definition) is 3. The summed E-state index contributed by atoms with van der Waals surface area (Å²) in [6.45, 7) is 9.53. The molecule has 3 rings (SSSR count). The van der Waals surface area contributed by atoms with Crippen molar-refractivity contribution in [1.82, 2.24) is 4.59 Å². The normalized spacial score (nSPS) is 20.2. The first-order valence-electron chi connectivity index (χ1n) is 13.1. The Morgan fingerprint density at radius 2 is 1.88 bits per heavy atom. The molecule has 3 nitrogen and oxygen atoms in total. The lowest BCUT2D eigenvalue weighted by Gasteiger charge is -2.44. The van der Waals surface area contributed by atoms with Crippen molar-refractivity contribution in [3.05, 3.63) is 60.7 Å². The summed E-state index contributed by atoms with van der Waals surface area (Å²) < 4.78 is 0.400. The monoisotopic (exact) mass is 474 g/mol. The lowest BCUT2D eigenvalue weighted by Crippen LogP contribution is -2.66. The zero-order valence-electron chi connectivity index (χ0n) is 21.1. The molecular weight excluding hydrogens is 433 g/mol. The van der Waals surface area contributed by atoms with Gasteiger partial charge in [0.15, 0.2) is 5.69 Å². The van der Waals surface area contributed by atoms with Gasteiger partial charge in [0.2, 0.25) is 0 Å². The Kier molecular flexibility index (Phi) is 10.3. The van der Waals surface area contributed by atoms with Gasteiger partial charge in [-0.1, -0.05) is 75.9 Å². The Balaban J connectivity index is 1.72. The summed E-state index contributed by atoms with van der Waals surface area (Å²) in [5, 5.41) is 9.54. The average molecular weight is 475 g/mol. The minimum absolute atomic E-state index is 0.0873. The molecule has 1 fully saturated rings. The van der Waals surface area contributed by atoms with Gasteiger partial charge in [0, 0.05) is 29.4 Å². The zero-order valence-corrected chi connectivity index (χ0v) is 22.0. The Morgan fingerprint density at radius 3 is 2.59 bits per heavy atom. The molecule has 5 heteroatoms. The fraction of sp³-hybridized carbons (Fsp3) is 0.483. The van der Waals surface area contributed by atoms with Crippen LogP contribution in [0.3, 0.4) is 0 Å². The van der Waals surface area contributed by atoms with Crippen molar-refractivity contribution < 1.29 is 0 Å². The van der Waals surface area contributed by atoms with Crippen molar-refractivity contribution in [3.63, 3.8) is 0 Å². The Hall–Kier alpha value is -2.00. The van der Waals surface area contributed by atoms with Gasteiger partial charge in [0.05, 0.1) is 6.54 Å². The van der Waals surface area contributed by atoms with Crippen LogP contribution in [0.5, 0.6) is 0 Å². The van der Waals surface area contributed by atoms with Crippen molar-refractivity contribution in [3.8, 4) is 17.1 Å². The van der Waals surface area contributed by atoms with E-state index in [1.165, 1.54) is 59.5 Å². The van der Waals surface area contributed by atoms with Crippen LogP contribution in [0.25, 0.3) is 11.1 Å². The number of rotatable bonds is 12. The molecule has 0 radical (unpaired) electrons. The number of nitrogens with two attached hydrogens (primary N) is 1. The number of hydrogen-bond donors (Lipinski definition) is 1. The number of nitriles is 1. The number of quaternary nitrogens is 1. The van der Waals surface area contributed by atoms with E-state index in [9.17, 15) is 5.26 Å². The van der Waals surface area contributed by atoms with E-state index in [-0.39, 0.29) is 12.8 Å². The minimum Gasteiger partial charge on any atom is -0.215 e. The highest BCUT2D eigenvalue weighted by Crippen LogP contribution is 2.36. The second-order valence-corrected chi connectivity index (χ2v) is 11.0. The fourth-order valence-electron chi connectivity index (χ4n) is 4.95. The molecule has 0 aromatic heterocycles. The second kappa shape index (κ2) is 13.2. The molecule has 2 atom stereocenters. The summed E-state index contributed by atoms with van der Waals surface area (Å²) in [5.41, 5.74) is 4.77. The SMILES string of the molecule is C=C(CC)CC1CB(C#N)CC[N+]1(N)c1cccc(-c2ccc(SCCCCCCC)cc2)c1. The van der Waals surface area contributed by atoms with Crippen LogP contribution >= 0.6 is 11.8 Å². The highest BCUT2D eigenvalue weighted by Gasteiger charge is 2.44. The predicted octanol–water partition coefficient (Wildman–Crippen LogP) is 7.89. The maximum absolute atomic E-state index is 9.54. The summed E-state index contributed by atoms with van der Waals surface area (Å²) in [6.07, 6.45) is 10.2. The summed E-state index contributed by atoms with van der Waals surface area (Å²) in [6, 6.07) is 17.9. The third-order valence-electron chi connectivity index (χ3n) is 7.29. The topological polar surface area (TPSA) is 49.8 Å². The summed E-state index contributed by atoms with van der Waals surface area (Å²) in [4.78, 5) is 1.34. The van der Waals surface area contributed by atoms with E-state index in [0.29, 0.717) is 4.59 Å². The number of nitrogens with zero attached hydrogens (tertiary/aromatic N) is 2. The zero-order chi connectivity index (χ0) is 24.4. The van der Waals surface area contributed by atoms with Crippen molar-refractivity contribution in [2.45, 2.75) is 82.4 Å². The molecule has 2 aromatic carbocycles. The summed E-state index contributed by atoms with van der Waals surface area (Å²) >= 11 is 1.96. The molecule has 0 aliphatic carbocycles. The summed E-state index contributed by atoms with van der Waals surface area (Å²) in [7, 11) is 0. The molecule has 180 valence electrons. The lowest BCUT2D eigenvalue weighted by atomic mass is 9.43. The van der Waals surface area contributed by atoms with Gasteiger partial charge in [0.1, 0.15) is 6.04 Å². The first-order valence-corrected chi connectivity index (χ1v) is 14.0. The van der Waals surface area contributed by atoms with E-state index in [2.05, 4.69) is 74.9 Å². The van der Waals surface area contributed by atoms with Gasteiger partial charge in [0.25, 0.3) is 6.71 Å². The van der Waals surface area contributed by atoms with E-state index in [1.807, 2.05) is 11.8 Å². The van der Waals surface area contributed by atoms with Crippen LogP contribution in [-0.4, -0.2) is 25.1 Å². The van der Waals surface area contributed by atoms with Gasteiger partial charge in [-0.25, -0.2) is 9.85 Å². The highest BCUT2D eigenvalue weighted by molar-refractivity contribution is 7.99. The Morgan fingerprint density at radius 1 is 1.12 bits per heavy atom. The van der Waals surface area contributed by atoms with E-state index in [0.717, 1.165) is 37.7 Å². The van der Waals surface area contributed by atoms with Crippen LogP contribution < -0.4 is 10.4 Å². The molecular formula is C29H41BN3S+. The Bertz CT molecular complexity index is 968. The van der Waals surface area contributed by atoms with E-state index in [4.69, 9.17) is 5.84 Å². The van der Waals surface area contributed by atoms with Crippen molar-refractivity contribution >= 4 is 24.2 Å². The van der Waals surface area contributed by atoms with Gasteiger partial charge in [-0.15, -0.1) is 11.8 Å². The minimum atomic E-state index is 0.0873. The average Bonchev–Trinajstić information content (AvgIpc) is 2.87. The largest absolute Gasteiger partial charge is 0.279 e. The number of unbranched alkanes of at least 4 members (excludes halogenated alkanes) is 4. The van der Waals surface area contributed by atoms with Crippen LogP contribution in [0.1, 0.15) is 58.8 Å². The van der Waals surface area contributed by atoms with Crippen molar-refractivity contribution in [2.24, 2.45) is 5.84 Å². The molecule has 0 spiro atoms. The number of thioether (sulfide) groups is 1. The van der Waals surface area contributed by atoms with Crippen molar-refractivity contribution in [2.75, 3.05) is 12.3 Å². The van der Waals surface area contributed by atoms with Gasteiger partial charge < -0.3 is 0 Å². The lowest BCUT2D eigenvalue weighted by molar-refractivity contribution is 0.212. The fourth-order valence-corrected chi connectivity index (χ4v) is 5.86. The van der Waals surface area contributed by atoms with E-state index < -0.39 is 0 Å². The van der Waals surface area contributed by atoms with Gasteiger partial charge in [-0.05, 0) is 54.5 Å². The third kappa shape index (κ3) is 7.01. The molecule has 2 N–H and O–H groups in total. The highest BCUT2D eigenvalue weighted by atomic mass is 32.2. The smallest absolute Gasteiger partial charge is 0.215 e. The summed E-state index contributed by atoms with van der Waals surface area (Å²) in [5.74, 6) is 10.8. The maximum atomic E-state index is 9.54.